The average molecular weight is 328 g/mol. The molecule has 2 rings (SSSR count). The quantitative estimate of drug-likeness (QED) is 0.593. The number of nitrogens with one attached hydrogen (secondary N) is 2. The highest BCUT2D eigenvalue weighted by Crippen LogP contribution is 2.19. The van der Waals surface area contributed by atoms with Crippen LogP contribution in [0.25, 0.3) is 0 Å². The van der Waals surface area contributed by atoms with E-state index in [4.69, 9.17) is 0 Å². The molecule has 0 radical (unpaired) electrons. The van der Waals surface area contributed by atoms with Gasteiger partial charge in [-0.25, -0.2) is 0 Å². The topological polar surface area (TPSA) is 58.2 Å². The third-order valence-electron chi connectivity index (χ3n) is 3.03. The first-order valence-electron chi connectivity index (χ1n) is 7.49. The maximum atomic E-state index is 11.9. The molecule has 0 heterocycles. The van der Waals surface area contributed by atoms with Crippen molar-refractivity contribution in [2.24, 2.45) is 0 Å². The number of carbonyl (C=O) groups excluding carboxylic acids is 2. The molecule has 120 valence electrons. The number of rotatable bonds is 7. The minimum atomic E-state index is -0.133. The summed E-state index contributed by atoms with van der Waals surface area (Å²) < 4.78 is 0. The van der Waals surface area contributed by atoms with E-state index in [0.717, 1.165) is 12.2 Å². The van der Waals surface area contributed by atoms with Crippen molar-refractivity contribution in [3.63, 3.8) is 0 Å². The Labute approximate surface area is 140 Å². The van der Waals surface area contributed by atoms with Crippen LogP contribution in [0, 0.1) is 0 Å². The van der Waals surface area contributed by atoms with E-state index in [0.29, 0.717) is 17.8 Å². The van der Waals surface area contributed by atoms with Crippen molar-refractivity contribution in [3.05, 3.63) is 54.6 Å². The molecule has 2 aromatic carbocycles. The molecular formula is C18H20N2O2S. The maximum absolute atomic E-state index is 11.9. The third kappa shape index (κ3) is 6.57. The zero-order valence-electron chi connectivity index (χ0n) is 13.0. The molecular weight excluding hydrogens is 308 g/mol. The first kappa shape index (κ1) is 17.1. The predicted octanol–water partition coefficient (Wildman–Crippen LogP) is 4.16. The summed E-state index contributed by atoms with van der Waals surface area (Å²) in [6.45, 7) is 1.45. The molecule has 4 nitrogen and oxygen atoms in total. The summed E-state index contributed by atoms with van der Waals surface area (Å²) >= 11 is 1.75. The van der Waals surface area contributed by atoms with Crippen LogP contribution in [-0.2, 0) is 9.59 Å². The SMILES string of the molecule is CC(=O)Nc1cccc(NC(=O)CCCSc2ccccc2)c1. The highest BCUT2D eigenvalue weighted by atomic mass is 32.2. The largest absolute Gasteiger partial charge is 0.326 e. The van der Waals surface area contributed by atoms with Crippen LogP contribution in [0.5, 0.6) is 0 Å². The normalized spacial score (nSPS) is 10.1. The van der Waals surface area contributed by atoms with Crippen LogP contribution in [0.2, 0.25) is 0 Å². The molecule has 0 unspecified atom stereocenters. The molecule has 0 aromatic heterocycles. The molecule has 2 N–H and O–H groups in total. The van der Waals surface area contributed by atoms with Gasteiger partial charge in [0.2, 0.25) is 11.8 Å². The van der Waals surface area contributed by atoms with Crippen LogP contribution < -0.4 is 10.6 Å². The van der Waals surface area contributed by atoms with Gasteiger partial charge in [-0.3, -0.25) is 9.59 Å². The Bertz CT molecular complexity index is 659. The summed E-state index contributed by atoms with van der Waals surface area (Å²) in [6, 6.07) is 17.3. The highest BCUT2D eigenvalue weighted by Gasteiger charge is 2.04. The second-order valence-corrected chi connectivity index (χ2v) is 6.24. The summed E-state index contributed by atoms with van der Waals surface area (Å²) in [5.41, 5.74) is 1.37. The average Bonchev–Trinajstić information content (AvgIpc) is 2.52. The molecule has 2 aromatic rings. The molecule has 0 aliphatic carbocycles. The van der Waals surface area contributed by atoms with Gasteiger partial charge >= 0.3 is 0 Å². The third-order valence-corrected chi connectivity index (χ3v) is 4.13. The highest BCUT2D eigenvalue weighted by molar-refractivity contribution is 7.99. The van der Waals surface area contributed by atoms with Gasteiger partial charge < -0.3 is 10.6 Å². The number of amides is 2. The lowest BCUT2D eigenvalue weighted by atomic mass is 10.2. The van der Waals surface area contributed by atoms with Crippen LogP contribution in [0.4, 0.5) is 11.4 Å². The monoisotopic (exact) mass is 328 g/mol. The fourth-order valence-corrected chi connectivity index (χ4v) is 2.91. The molecule has 0 aliphatic rings. The van der Waals surface area contributed by atoms with Gasteiger partial charge in [-0.05, 0) is 42.5 Å². The van der Waals surface area contributed by atoms with Crippen molar-refractivity contribution in [1.29, 1.82) is 0 Å². The minimum Gasteiger partial charge on any atom is -0.326 e. The fraction of sp³-hybridized carbons (Fsp3) is 0.222. The molecule has 2 amide bonds. The summed E-state index contributed by atoms with van der Waals surface area (Å²) in [5.74, 6) is 0.758. The minimum absolute atomic E-state index is 0.0152. The van der Waals surface area contributed by atoms with E-state index in [1.807, 2.05) is 24.3 Å². The van der Waals surface area contributed by atoms with E-state index < -0.39 is 0 Å². The molecule has 5 heteroatoms. The summed E-state index contributed by atoms with van der Waals surface area (Å²) in [5, 5.41) is 5.55. The van der Waals surface area contributed by atoms with Crippen LogP contribution in [0.3, 0.4) is 0 Å². The van der Waals surface area contributed by atoms with E-state index >= 15 is 0 Å². The molecule has 23 heavy (non-hydrogen) atoms. The molecule has 0 fully saturated rings. The Kier molecular flexibility index (Phi) is 6.69. The van der Waals surface area contributed by atoms with Crippen LogP contribution in [0.1, 0.15) is 19.8 Å². The van der Waals surface area contributed by atoms with Crippen LogP contribution >= 0.6 is 11.8 Å². The smallest absolute Gasteiger partial charge is 0.224 e. The van der Waals surface area contributed by atoms with E-state index in [-0.39, 0.29) is 11.8 Å². The standard InChI is InChI=1S/C18H20N2O2S/c1-14(21)19-15-7-5-8-16(13-15)20-18(22)11-6-12-23-17-9-3-2-4-10-17/h2-5,7-10,13H,6,11-12H2,1H3,(H,19,21)(H,20,22). The van der Waals surface area contributed by atoms with Crippen molar-refractivity contribution >= 4 is 35.0 Å². The Balaban J connectivity index is 1.73. The second kappa shape index (κ2) is 9.00. The number of hydrogen-bond acceptors (Lipinski definition) is 3. The van der Waals surface area contributed by atoms with Crippen molar-refractivity contribution in [3.8, 4) is 0 Å². The Hall–Kier alpha value is -2.27. The van der Waals surface area contributed by atoms with E-state index in [1.54, 1.807) is 30.0 Å². The molecule has 0 atom stereocenters. The number of carbonyl (C=O) groups is 2. The maximum Gasteiger partial charge on any atom is 0.224 e. The van der Waals surface area contributed by atoms with Crippen molar-refractivity contribution in [2.75, 3.05) is 16.4 Å². The van der Waals surface area contributed by atoms with Crippen molar-refractivity contribution < 1.29 is 9.59 Å². The van der Waals surface area contributed by atoms with E-state index in [2.05, 4.69) is 22.8 Å². The summed E-state index contributed by atoms with van der Waals surface area (Å²) in [6.07, 6.45) is 1.29. The van der Waals surface area contributed by atoms with Crippen molar-refractivity contribution in [2.45, 2.75) is 24.7 Å². The fourth-order valence-electron chi connectivity index (χ4n) is 2.04. The van der Waals surface area contributed by atoms with Gasteiger partial charge in [0.25, 0.3) is 0 Å². The van der Waals surface area contributed by atoms with Gasteiger partial charge in [0.1, 0.15) is 0 Å². The number of benzene rings is 2. The number of hydrogen-bond donors (Lipinski definition) is 2. The Morgan fingerprint density at radius 2 is 1.65 bits per heavy atom. The second-order valence-electron chi connectivity index (χ2n) is 5.08. The zero-order chi connectivity index (χ0) is 16.5. The summed E-state index contributed by atoms with van der Waals surface area (Å²) in [4.78, 5) is 24.2. The molecule has 0 saturated heterocycles. The van der Waals surface area contributed by atoms with Crippen LogP contribution in [-0.4, -0.2) is 17.6 Å². The van der Waals surface area contributed by atoms with Gasteiger partial charge in [-0.15, -0.1) is 11.8 Å². The lowest BCUT2D eigenvalue weighted by Gasteiger charge is -2.08. The summed E-state index contributed by atoms with van der Waals surface area (Å²) in [7, 11) is 0. The Morgan fingerprint density at radius 3 is 2.35 bits per heavy atom. The number of thioether (sulfide) groups is 1. The molecule has 0 bridgehead atoms. The van der Waals surface area contributed by atoms with Crippen molar-refractivity contribution in [1.82, 2.24) is 0 Å². The predicted molar refractivity (Wildman–Crippen MR) is 95.8 cm³/mol. The van der Waals surface area contributed by atoms with Gasteiger partial charge in [-0.2, -0.15) is 0 Å². The van der Waals surface area contributed by atoms with Crippen LogP contribution in [0.15, 0.2) is 59.5 Å². The lowest BCUT2D eigenvalue weighted by molar-refractivity contribution is -0.116. The van der Waals surface area contributed by atoms with Gasteiger partial charge in [0.05, 0.1) is 0 Å². The van der Waals surface area contributed by atoms with E-state index in [1.165, 1.54) is 11.8 Å². The van der Waals surface area contributed by atoms with Gasteiger partial charge in [-0.1, -0.05) is 24.3 Å². The first-order valence-corrected chi connectivity index (χ1v) is 8.47. The molecule has 0 aliphatic heterocycles. The van der Waals surface area contributed by atoms with Gasteiger partial charge in [0.15, 0.2) is 0 Å². The molecule has 0 saturated carbocycles. The first-order chi connectivity index (χ1) is 11.1. The number of anilines is 2. The zero-order valence-corrected chi connectivity index (χ0v) is 13.9. The van der Waals surface area contributed by atoms with Gasteiger partial charge in [0, 0.05) is 29.6 Å². The molecule has 0 spiro atoms. The Morgan fingerprint density at radius 1 is 0.957 bits per heavy atom. The lowest BCUT2D eigenvalue weighted by Crippen LogP contribution is -2.12. The van der Waals surface area contributed by atoms with E-state index in [9.17, 15) is 9.59 Å².